The fourth-order valence-electron chi connectivity index (χ4n) is 3.19. The maximum absolute atomic E-state index is 13.0. The van der Waals surface area contributed by atoms with Crippen LogP contribution in [0.3, 0.4) is 0 Å². The molecule has 21 heavy (non-hydrogen) atoms. The van der Waals surface area contributed by atoms with Crippen LogP contribution in [0.2, 0.25) is 0 Å². The van der Waals surface area contributed by atoms with E-state index in [1.807, 2.05) is 0 Å². The Kier molecular flexibility index (Phi) is 4.24. The van der Waals surface area contributed by atoms with E-state index in [0.29, 0.717) is 12.0 Å². The summed E-state index contributed by atoms with van der Waals surface area (Å²) in [6.07, 6.45) is 5.16. The van der Waals surface area contributed by atoms with Gasteiger partial charge in [-0.3, -0.25) is 0 Å². The summed E-state index contributed by atoms with van der Waals surface area (Å²) in [5.41, 5.74) is 2.09. The van der Waals surface area contributed by atoms with Crippen molar-refractivity contribution in [3.05, 3.63) is 46.0 Å². The average Bonchev–Trinajstić information content (AvgIpc) is 2.83. The van der Waals surface area contributed by atoms with E-state index in [1.165, 1.54) is 43.5 Å². The molecule has 1 aromatic heterocycles. The lowest BCUT2D eigenvalue weighted by atomic mass is 9.85. The second kappa shape index (κ2) is 6.14. The lowest BCUT2D eigenvalue weighted by Gasteiger charge is -2.30. The zero-order valence-corrected chi connectivity index (χ0v) is 13.4. The molecular weight excluding hydrogens is 283 g/mol. The summed E-state index contributed by atoms with van der Waals surface area (Å²) < 4.78 is 15.4. The Morgan fingerprint density at radius 2 is 1.90 bits per heavy atom. The minimum absolute atomic E-state index is 0.218. The molecule has 1 aliphatic carbocycles. The zero-order valence-electron chi connectivity index (χ0n) is 12.6. The third-order valence-electron chi connectivity index (χ3n) is 4.37. The quantitative estimate of drug-likeness (QED) is 0.744. The Balaban J connectivity index is 2.02. The first-order valence-corrected chi connectivity index (χ1v) is 8.50. The highest BCUT2D eigenvalue weighted by Gasteiger charge is 2.24. The first-order chi connectivity index (χ1) is 10.1. The zero-order chi connectivity index (χ0) is 14.8. The highest BCUT2D eigenvalue weighted by molar-refractivity contribution is 7.07. The Bertz CT molecular complexity index is 669. The second-order valence-corrected chi connectivity index (χ2v) is 6.78. The predicted molar refractivity (Wildman–Crippen MR) is 85.3 cm³/mol. The molecule has 0 N–H and O–H groups in total. The topological polar surface area (TPSA) is 17.3 Å². The molecule has 1 aromatic carbocycles. The van der Waals surface area contributed by atoms with Crippen molar-refractivity contribution in [3.8, 4) is 0 Å². The fraction of sp³-hybridized carbons (Fsp3) is 0.471. The number of rotatable bonds is 2. The van der Waals surface area contributed by atoms with Crippen LogP contribution >= 0.6 is 11.3 Å². The first kappa shape index (κ1) is 14.5. The van der Waals surface area contributed by atoms with Crippen LogP contribution in [0.4, 0.5) is 10.1 Å². The molecule has 1 heterocycles. The summed E-state index contributed by atoms with van der Waals surface area (Å²) in [5, 5.41) is 2.17. The lowest BCUT2D eigenvalue weighted by molar-refractivity contribution is 0.251. The summed E-state index contributed by atoms with van der Waals surface area (Å²) in [6.45, 7) is 4.50. The molecule has 2 unspecified atom stereocenters. The van der Waals surface area contributed by atoms with Crippen molar-refractivity contribution in [1.29, 1.82) is 0 Å². The molecule has 4 heteroatoms. The van der Waals surface area contributed by atoms with Crippen LogP contribution in [-0.4, -0.2) is 4.57 Å². The minimum Gasteiger partial charge on any atom is -0.318 e. The van der Waals surface area contributed by atoms with Crippen LogP contribution in [0, 0.1) is 18.7 Å². The molecule has 1 aliphatic rings. The summed E-state index contributed by atoms with van der Waals surface area (Å²) >= 11 is 1.67. The van der Waals surface area contributed by atoms with Gasteiger partial charge in [-0.2, -0.15) is 0 Å². The van der Waals surface area contributed by atoms with Crippen molar-refractivity contribution >= 4 is 17.0 Å². The van der Waals surface area contributed by atoms with Crippen molar-refractivity contribution in [1.82, 2.24) is 4.57 Å². The van der Waals surface area contributed by atoms with E-state index < -0.39 is 0 Å². The summed E-state index contributed by atoms with van der Waals surface area (Å²) in [6, 6.07) is 6.95. The second-order valence-electron chi connectivity index (χ2n) is 5.95. The maximum atomic E-state index is 13.0. The molecule has 0 bridgehead atoms. The summed E-state index contributed by atoms with van der Waals surface area (Å²) in [4.78, 5) is 5.75. The number of thiazole rings is 1. The van der Waals surface area contributed by atoms with Gasteiger partial charge in [0.05, 0.1) is 5.69 Å². The van der Waals surface area contributed by atoms with E-state index in [9.17, 15) is 4.39 Å². The molecule has 2 aromatic rings. The number of halogens is 1. The van der Waals surface area contributed by atoms with Crippen LogP contribution in [0.15, 0.2) is 34.6 Å². The number of aryl methyl sites for hydroxylation is 1. The van der Waals surface area contributed by atoms with Crippen LogP contribution in [0.25, 0.3) is 0 Å². The van der Waals surface area contributed by atoms with Gasteiger partial charge in [-0.05, 0) is 49.9 Å². The molecule has 1 saturated carbocycles. The molecule has 0 radical (unpaired) electrons. The number of nitrogens with zero attached hydrogens (tertiary/aromatic N) is 2. The van der Waals surface area contributed by atoms with Crippen LogP contribution < -0.4 is 4.80 Å². The molecule has 3 rings (SSSR count). The number of benzene rings is 1. The summed E-state index contributed by atoms with van der Waals surface area (Å²) in [7, 11) is 0. The van der Waals surface area contributed by atoms with Gasteiger partial charge in [0.1, 0.15) is 5.82 Å². The van der Waals surface area contributed by atoms with Gasteiger partial charge in [0.2, 0.25) is 0 Å². The van der Waals surface area contributed by atoms with Gasteiger partial charge in [-0.15, -0.1) is 11.3 Å². The van der Waals surface area contributed by atoms with Gasteiger partial charge >= 0.3 is 0 Å². The first-order valence-electron chi connectivity index (χ1n) is 7.62. The van der Waals surface area contributed by atoms with Crippen molar-refractivity contribution in [3.63, 3.8) is 0 Å². The van der Waals surface area contributed by atoms with E-state index >= 15 is 0 Å². The Hall–Kier alpha value is -1.42. The highest BCUT2D eigenvalue weighted by atomic mass is 32.1. The van der Waals surface area contributed by atoms with Gasteiger partial charge in [-0.1, -0.05) is 19.8 Å². The van der Waals surface area contributed by atoms with E-state index in [0.717, 1.165) is 10.5 Å². The van der Waals surface area contributed by atoms with E-state index in [-0.39, 0.29) is 5.82 Å². The van der Waals surface area contributed by atoms with Crippen molar-refractivity contribution < 1.29 is 4.39 Å². The molecule has 0 spiro atoms. The number of hydrogen-bond acceptors (Lipinski definition) is 2. The van der Waals surface area contributed by atoms with Gasteiger partial charge in [0.15, 0.2) is 4.80 Å². The van der Waals surface area contributed by atoms with Crippen LogP contribution in [-0.2, 0) is 0 Å². The highest BCUT2D eigenvalue weighted by Crippen LogP contribution is 2.33. The van der Waals surface area contributed by atoms with Crippen LogP contribution in [0.1, 0.15) is 44.3 Å². The normalized spacial score (nSPS) is 23.5. The molecule has 112 valence electrons. The molecule has 0 aliphatic heterocycles. The monoisotopic (exact) mass is 304 g/mol. The summed E-state index contributed by atoms with van der Waals surface area (Å²) in [5.74, 6) is 0.476. The van der Waals surface area contributed by atoms with Crippen molar-refractivity contribution in [2.75, 3.05) is 0 Å². The van der Waals surface area contributed by atoms with Gasteiger partial charge < -0.3 is 4.57 Å². The Morgan fingerprint density at radius 3 is 2.62 bits per heavy atom. The minimum atomic E-state index is -0.218. The molecule has 1 fully saturated rings. The Labute approximate surface area is 129 Å². The van der Waals surface area contributed by atoms with Gasteiger partial charge in [-0.25, -0.2) is 9.38 Å². The molecular formula is C17H21FN2S. The fourth-order valence-corrected chi connectivity index (χ4v) is 4.13. The third-order valence-corrected chi connectivity index (χ3v) is 5.33. The van der Waals surface area contributed by atoms with Crippen molar-refractivity contribution in [2.24, 2.45) is 10.9 Å². The van der Waals surface area contributed by atoms with E-state index in [1.54, 1.807) is 23.5 Å². The predicted octanol–water partition coefficient (Wildman–Crippen LogP) is 4.98. The smallest absolute Gasteiger partial charge is 0.190 e. The third kappa shape index (κ3) is 3.10. The SMILES string of the molecule is Cc1csc(=Nc2ccc(F)cc2)n1C1CCCCC1C. The molecule has 2 atom stereocenters. The van der Waals surface area contributed by atoms with Crippen LogP contribution in [0.5, 0.6) is 0 Å². The van der Waals surface area contributed by atoms with Gasteiger partial charge in [0.25, 0.3) is 0 Å². The maximum Gasteiger partial charge on any atom is 0.190 e. The molecule has 2 nitrogen and oxygen atoms in total. The van der Waals surface area contributed by atoms with E-state index in [4.69, 9.17) is 4.99 Å². The molecule has 0 amide bonds. The Morgan fingerprint density at radius 1 is 1.19 bits per heavy atom. The molecule has 0 saturated heterocycles. The number of aromatic nitrogens is 1. The largest absolute Gasteiger partial charge is 0.318 e. The average molecular weight is 304 g/mol. The van der Waals surface area contributed by atoms with E-state index in [2.05, 4.69) is 23.8 Å². The van der Waals surface area contributed by atoms with Crippen molar-refractivity contribution in [2.45, 2.75) is 45.6 Å². The van der Waals surface area contributed by atoms with Gasteiger partial charge in [0, 0.05) is 17.1 Å². The number of hydrogen-bond donors (Lipinski definition) is 0. The lowest BCUT2D eigenvalue weighted by Crippen LogP contribution is -2.29. The standard InChI is InChI=1S/C17H21FN2S/c1-12-5-3-4-6-16(12)20-13(2)11-21-17(20)19-15-9-7-14(18)8-10-15/h7-12,16H,3-6H2,1-2H3.